The van der Waals surface area contributed by atoms with E-state index in [0.29, 0.717) is 11.8 Å². The summed E-state index contributed by atoms with van der Waals surface area (Å²) in [6.45, 7) is 6.35. The Bertz CT molecular complexity index is 635. The molecule has 1 saturated heterocycles. The summed E-state index contributed by atoms with van der Waals surface area (Å²) >= 11 is 6.34. The summed E-state index contributed by atoms with van der Waals surface area (Å²) < 4.78 is 0. The summed E-state index contributed by atoms with van der Waals surface area (Å²) in [5.74, 6) is 1.07. The van der Waals surface area contributed by atoms with Crippen molar-refractivity contribution in [3.63, 3.8) is 0 Å². The molecule has 0 saturated carbocycles. The molecular weight excluding hydrogens is 278 g/mol. The van der Waals surface area contributed by atoms with Crippen LogP contribution in [0.1, 0.15) is 40.5 Å². The lowest BCUT2D eigenvalue weighted by atomic mass is 9.77. The maximum atomic E-state index is 6.34. The van der Waals surface area contributed by atoms with E-state index in [0.717, 1.165) is 30.1 Å². The maximum absolute atomic E-state index is 6.34. The molecule has 2 heteroatoms. The first-order valence-electron chi connectivity index (χ1n) is 7.68. The smallest absolute Gasteiger partial charge is 0.0438 e. The van der Waals surface area contributed by atoms with Crippen LogP contribution in [-0.2, 0) is 0 Å². The molecule has 1 nitrogen and oxygen atoms in total. The molecule has 0 bridgehead atoms. The quantitative estimate of drug-likeness (QED) is 0.838. The van der Waals surface area contributed by atoms with Crippen LogP contribution in [0.3, 0.4) is 0 Å². The molecule has 2 aromatic carbocycles. The van der Waals surface area contributed by atoms with Crippen molar-refractivity contribution in [3.8, 4) is 0 Å². The van der Waals surface area contributed by atoms with Gasteiger partial charge in [-0.05, 0) is 55.5 Å². The number of benzene rings is 2. The SMILES string of the molecule is Cc1cccc(C2CNCCC2c2ccc(C)c(Cl)c2)c1. The van der Waals surface area contributed by atoms with E-state index in [-0.39, 0.29) is 0 Å². The van der Waals surface area contributed by atoms with E-state index >= 15 is 0 Å². The summed E-state index contributed by atoms with van der Waals surface area (Å²) in [5, 5.41) is 4.43. The third-order valence-corrected chi connectivity index (χ3v) is 4.98. The highest BCUT2D eigenvalue weighted by atomic mass is 35.5. The van der Waals surface area contributed by atoms with E-state index < -0.39 is 0 Å². The van der Waals surface area contributed by atoms with Gasteiger partial charge in [0.1, 0.15) is 0 Å². The topological polar surface area (TPSA) is 12.0 Å². The Hall–Kier alpha value is -1.31. The molecule has 2 atom stereocenters. The highest BCUT2D eigenvalue weighted by molar-refractivity contribution is 6.31. The van der Waals surface area contributed by atoms with E-state index in [1.165, 1.54) is 16.7 Å². The van der Waals surface area contributed by atoms with Gasteiger partial charge in [-0.3, -0.25) is 0 Å². The van der Waals surface area contributed by atoms with Gasteiger partial charge in [0.2, 0.25) is 0 Å². The molecule has 3 rings (SSSR count). The number of halogens is 1. The van der Waals surface area contributed by atoms with Gasteiger partial charge in [0, 0.05) is 17.5 Å². The largest absolute Gasteiger partial charge is 0.316 e. The Morgan fingerprint density at radius 2 is 1.81 bits per heavy atom. The number of rotatable bonds is 2. The molecule has 1 fully saturated rings. The molecule has 0 aliphatic carbocycles. The molecule has 0 radical (unpaired) electrons. The normalized spacial score (nSPS) is 22.2. The van der Waals surface area contributed by atoms with Crippen molar-refractivity contribution in [1.29, 1.82) is 0 Å². The van der Waals surface area contributed by atoms with Crippen LogP contribution in [0.2, 0.25) is 5.02 Å². The monoisotopic (exact) mass is 299 g/mol. The van der Waals surface area contributed by atoms with Crippen LogP contribution in [0.5, 0.6) is 0 Å². The minimum absolute atomic E-state index is 0.525. The van der Waals surface area contributed by atoms with Gasteiger partial charge in [-0.25, -0.2) is 0 Å². The highest BCUT2D eigenvalue weighted by Gasteiger charge is 2.27. The fourth-order valence-corrected chi connectivity index (χ4v) is 3.54. The zero-order valence-corrected chi connectivity index (χ0v) is 13.5. The number of hydrogen-bond acceptors (Lipinski definition) is 1. The van der Waals surface area contributed by atoms with Crippen molar-refractivity contribution in [3.05, 3.63) is 69.7 Å². The molecule has 1 aliphatic rings. The first kappa shape index (κ1) is 14.6. The molecular formula is C19H22ClN. The molecule has 0 spiro atoms. The Labute approximate surface area is 132 Å². The Kier molecular flexibility index (Phi) is 4.32. The lowest BCUT2D eigenvalue weighted by Crippen LogP contribution is -2.34. The number of nitrogens with one attached hydrogen (secondary N) is 1. The molecule has 0 amide bonds. The lowest BCUT2D eigenvalue weighted by Gasteiger charge is -2.33. The fraction of sp³-hybridized carbons (Fsp3) is 0.368. The van der Waals surface area contributed by atoms with Crippen LogP contribution in [-0.4, -0.2) is 13.1 Å². The number of aryl methyl sites for hydroxylation is 2. The van der Waals surface area contributed by atoms with Gasteiger partial charge in [-0.1, -0.05) is 53.6 Å². The molecule has 2 aromatic rings. The second-order valence-electron chi connectivity index (χ2n) is 6.13. The van der Waals surface area contributed by atoms with E-state index in [4.69, 9.17) is 11.6 Å². The molecule has 110 valence electrons. The fourth-order valence-electron chi connectivity index (χ4n) is 3.35. The van der Waals surface area contributed by atoms with E-state index in [9.17, 15) is 0 Å². The van der Waals surface area contributed by atoms with Crippen LogP contribution >= 0.6 is 11.6 Å². The second kappa shape index (κ2) is 6.21. The van der Waals surface area contributed by atoms with Crippen molar-refractivity contribution in [2.24, 2.45) is 0 Å². The van der Waals surface area contributed by atoms with Crippen LogP contribution < -0.4 is 5.32 Å². The van der Waals surface area contributed by atoms with Crippen LogP contribution in [0, 0.1) is 13.8 Å². The van der Waals surface area contributed by atoms with Crippen molar-refractivity contribution in [2.75, 3.05) is 13.1 Å². The summed E-state index contributed by atoms with van der Waals surface area (Å²) in [4.78, 5) is 0. The van der Waals surface area contributed by atoms with Crippen molar-refractivity contribution >= 4 is 11.6 Å². The first-order valence-corrected chi connectivity index (χ1v) is 8.06. The third-order valence-electron chi connectivity index (χ3n) is 4.58. The van der Waals surface area contributed by atoms with Crippen molar-refractivity contribution in [2.45, 2.75) is 32.1 Å². The molecule has 1 heterocycles. The predicted molar refractivity (Wildman–Crippen MR) is 90.3 cm³/mol. The molecule has 21 heavy (non-hydrogen) atoms. The van der Waals surface area contributed by atoms with Crippen LogP contribution in [0.25, 0.3) is 0 Å². The van der Waals surface area contributed by atoms with Crippen molar-refractivity contribution < 1.29 is 0 Å². The average Bonchev–Trinajstić information content (AvgIpc) is 2.50. The van der Waals surface area contributed by atoms with E-state index in [1.54, 1.807) is 0 Å². The second-order valence-corrected chi connectivity index (χ2v) is 6.54. The summed E-state index contributed by atoms with van der Waals surface area (Å²) in [5.41, 5.74) is 5.29. The van der Waals surface area contributed by atoms with Crippen LogP contribution in [0.15, 0.2) is 42.5 Å². The zero-order chi connectivity index (χ0) is 14.8. The van der Waals surface area contributed by atoms with Gasteiger partial charge in [-0.2, -0.15) is 0 Å². The third kappa shape index (κ3) is 3.14. The van der Waals surface area contributed by atoms with Gasteiger partial charge < -0.3 is 5.32 Å². The predicted octanol–water partition coefficient (Wildman–Crippen LogP) is 4.82. The van der Waals surface area contributed by atoms with E-state index in [2.05, 4.69) is 61.6 Å². The Morgan fingerprint density at radius 1 is 1.00 bits per heavy atom. The van der Waals surface area contributed by atoms with Crippen molar-refractivity contribution in [1.82, 2.24) is 5.32 Å². The Balaban J connectivity index is 1.96. The minimum Gasteiger partial charge on any atom is -0.316 e. The minimum atomic E-state index is 0.525. The van der Waals surface area contributed by atoms with Gasteiger partial charge in [0.15, 0.2) is 0 Å². The molecule has 1 aliphatic heterocycles. The average molecular weight is 300 g/mol. The first-order chi connectivity index (χ1) is 10.1. The molecule has 1 N–H and O–H groups in total. The zero-order valence-electron chi connectivity index (χ0n) is 12.7. The van der Waals surface area contributed by atoms with Gasteiger partial charge in [-0.15, -0.1) is 0 Å². The lowest BCUT2D eigenvalue weighted by molar-refractivity contribution is 0.404. The van der Waals surface area contributed by atoms with Gasteiger partial charge >= 0.3 is 0 Å². The summed E-state index contributed by atoms with van der Waals surface area (Å²) in [6, 6.07) is 15.5. The highest BCUT2D eigenvalue weighted by Crippen LogP contribution is 2.38. The van der Waals surface area contributed by atoms with Gasteiger partial charge in [0.05, 0.1) is 0 Å². The summed E-state index contributed by atoms with van der Waals surface area (Å²) in [6.07, 6.45) is 1.16. The number of hydrogen-bond donors (Lipinski definition) is 1. The molecule has 0 aromatic heterocycles. The van der Waals surface area contributed by atoms with Gasteiger partial charge in [0.25, 0.3) is 0 Å². The molecule has 2 unspecified atom stereocenters. The Morgan fingerprint density at radius 3 is 2.57 bits per heavy atom. The van der Waals surface area contributed by atoms with Crippen LogP contribution in [0.4, 0.5) is 0 Å². The maximum Gasteiger partial charge on any atom is 0.0438 e. The number of piperidine rings is 1. The summed E-state index contributed by atoms with van der Waals surface area (Å²) in [7, 11) is 0. The van der Waals surface area contributed by atoms with E-state index in [1.807, 2.05) is 0 Å². The standard InChI is InChI=1S/C19H22ClN/c1-13-4-3-5-15(10-13)18-12-21-9-8-17(18)16-7-6-14(2)19(20)11-16/h3-7,10-11,17-18,21H,8-9,12H2,1-2H3.